The lowest BCUT2D eigenvalue weighted by molar-refractivity contribution is 0.413. The smallest absolute Gasteiger partial charge is 0.274 e. The topological polar surface area (TPSA) is 43.6 Å². The van der Waals surface area contributed by atoms with Crippen LogP contribution in [0, 0.1) is 3.57 Å². The molecule has 0 aliphatic rings. The Hall–Kier alpha value is -1.93. The Balaban J connectivity index is 2.01. The Morgan fingerprint density at radius 1 is 1.26 bits per heavy atom. The number of rotatable bonds is 2. The number of aromatic nitrogens is 2. The molecule has 2 aromatic carbocycles. The van der Waals surface area contributed by atoms with Crippen molar-refractivity contribution in [2.75, 3.05) is 7.11 Å². The quantitative estimate of drug-likeness (QED) is 0.456. The van der Waals surface area contributed by atoms with Crippen molar-refractivity contribution in [1.29, 1.82) is 0 Å². The third-order valence-corrected chi connectivity index (χ3v) is 5.26. The molecule has 0 saturated heterocycles. The van der Waals surface area contributed by atoms with E-state index in [9.17, 15) is 4.79 Å². The number of methoxy groups -OCH3 is 1. The second kappa shape index (κ2) is 5.61. The third-order valence-electron chi connectivity index (χ3n) is 3.62. The van der Waals surface area contributed by atoms with Gasteiger partial charge in [0.15, 0.2) is 4.96 Å². The van der Waals surface area contributed by atoms with Gasteiger partial charge in [-0.15, -0.1) is 0 Å². The van der Waals surface area contributed by atoms with Gasteiger partial charge in [0.25, 0.3) is 5.56 Å². The van der Waals surface area contributed by atoms with Crippen molar-refractivity contribution < 1.29 is 4.74 Å². The fraction of sp³-hybridized carbons (Fsp3) is 0.0588. The van der Waals surface area contributed by atoms with E-state index in [1.54, 1.807) is 11.5 Å². The fourth-order valence-corrected chi connectivity index (χ4v) is 4.06. The van der Waals surface area contributed by atoms with Crippen LogP contribution in [0.25, 0.3) is 22.1 Å². The number of halogens is 1. The summed E-state index contributed by atoms with van der Waals surface area (Å²) in [4.78, 5) is 18.0. The number of imidazole rings is 1. The van der Waals surface area contributed by atoms with Crippen LogP contribution in [0.2, 0.25) is 0 Å². The number of nitrogens with zero attached hydrogens (tertiary/aromatic N) is 2. The summed E-state index contributed by atoms with van der Waals surface area (Å²) in [6, 6.07) is 13.6. The number of benzene rings is 2. The van der Waals surface area contributed by atoms with E-state index >= 15 is 0 Å². The maximum Gasteiger partial charge on any atom is 0.274 e. The SMILES string of the molecule is COc1ccc(I)cc1C=c1sc2nc3ccccc3n2c1=O. The summed E-state index contributed by atoms with van der Waals surface area (Å²) in [5, 5.41) is 0. The molecular weight excluding hydrogens is 423 g/mol. The molecule has 23 heavy (non-hydrogen) atoms. The summed E-state index contributed by atoms with van der Waals surface area (Å²) in [6.07, 6.45) is 1.87. The minimum atomic E-state index is -0.0420. The van der Waals surface area contributed by atoms with E-state index in [1.165, 1.54) is 11.3 Å². The fourth-order valence-electron chi connectivity index (χ4n) is 2.57. The molecule has 4 aromatic rings. The van der Waals surface area contributed by atoms with Crippen molar-refractivity contribution >= 4 is 56.0 Å². The summed E-state index contributed by atoms with van der Waals surface area (Å²) in [5.41, 5.74) is 2.54. The van der Waals surface area contributed by atoms with E-state index in [-0.39, 0.29) is 5.56 Å². The first kappa shape index (κ1) is 14.6. The first-order chi connectivity index (χ1) is 11.2. The lowest BCUT2D eigenvalue weighted by Gasteiger charge is -2.04. The molecule has 6 heteroatoms. The molecule has 0 aliphatic heterocycles. The number of ether oxygens (including phenoxy) is 1. The second-order valence-electron chi connectivity index (χ2n) is 5.02. The highest BCUT2D eigenvalue weighted by atomic mass is 127. The molecule has 4 nitrogen and oxygen atoms in total. The van der Waals surface area contributed by atoms with Gasteiger partial charge in [-0.25, -0.2) is 9.38 Å². The van der Waals surface area contributed by atoms with Crippen molar-refractivity contribution in [3.63, 3.8) is 0 Å². The third kappa shape index (κ3) is 2.42. The molecule has 2 heterocycles. The summed E-state index contributed by atoms with van der Waals surface area (Å²) in [7, 11) is 1.63. The van der Waals surface area contributed by atoms with Crippen LogP contribution < -0.4 is 14.8 Å². The minimum absolute atomic E-state index is 0.0420. The zero-order valence-corrected chi connectivity index (χ0v) is 15.1. The van der Waals surface area contributed by atoms with Gasteiger partial charge in [0.05, 0.1) is 22.7 Å². The van der Waals surface area contributed by atoms with Crippen molar-refractivity contribution in [1.82, 2.24) is 9.38 Å². The van der Waals surface area contributed by atoms with E-state index in [0.717, 1.165) is 25.9 Å². The van der Waals surface area contributed by atoms with Gasteiger partial charge >= 0.3 is 0 Å². The van der Waals surface area contributed by atoms with Gasteiger partial charge in [0, 0.05) is 9.13 Å². The standard InChI is InChI=1S/C17H11IN2O2S/c1-22-14-7-6-11(18)8-10(14)9-15-16(21)20-13-5-3-2-4-12(13)19-17(20)23-15/h2-9H,1H3. The highest BCUT2D eigenvalue weighted by Crippen LogP contribution is 2.22. The molecule has 0 aliphatic carbocycles. The molecule has 0 amide bonds. The first-order valence-electron chi connectivity index (χ1n) is 6.92. The number of fused-ring (bicyclic) bond motifs is 3. The summed E-state index contributed by atoms with van der Waals surface area (Å²) < 4.78 is 8.80. The van der Waals surface area contributed by atoms with Gasteiger partial charge in [0.1, 0.15) is 5.75 Å². The monoisotopic (exact) mass is 434 g/mol. The van der Waals surface area contributed by atoms with Crippen LogP contribution in [0.4, 0.5) is 0 Å². The van der Waals surface area contributed by atoms with Gasteiger partial charge in [-0.05, 0) is 59.0 Å². The first-order valence-corrected chi connectivity index (χ1v) is 8.82. The van der Waals surface area contributed by atoms with Crippen LogP contribution in [0.3, 0.4) is 0 Å². The maximum atomic E-state index is 12.8. The molecule has 0 fully saturated rings. The van der Waals surface area contributed by atoms with Crippen LogP contribution in [-0.4, -0.2) is 16.5 Å². The Bertz CT molecular complexity index is 1150. The number of hydrogen-bond acceptors (Lipinski definition) is 4. The minimum Gasteiger partial charge on any atom is -0.496 e. The number of para-hydroxylation sites is 2. The summed E-state index contributed by atoms with van der Waals surface area (Å²) >= 11 is 3.64. The molecule has 0 atom stereocenters. The van der Waals surface area contributed by atoms with Crippen molar-refractivity contribution in [2.24, 2.45) is 0 Å². The average Bonchev–Trinajstić information content (AvgIpc) is 3.05. The highest BCUT2D eigenvalue weighted by molar-refractivity contribution is 14.1. The van der Waals surface area contributed by atoms with Gasteiger partial charge in [-0.3, -0.25) is 4.79 Å². The number of thiazole rings is 1. The van der Waals surface area contributed by atoms with Crippen molar-refractivity contribution in [3.8, 4) is 5.75 Å². The molecule has 114 valence electrons. The molecular formula is C17H11IN2O2S. The normalized spacial score (nSPS) is 12.3. The zero-order chi connectivity index (χ0) is 16.0. The lowest BCUT2D eigenvalue weighted by Crippen LogP contribution is -2.22. The Labute approximate surface area is 149 Å². The highest BCUT2D eigenvalue weighted by Gasteiger charge is 2.11. The molecule has 0 radical (unpaired) electrons. The molecule has 0 bridgehead atoms. The molecule has 0 unspecified atom stereocenters. The molecule has 0 N–H and O–H groups in total. The van der Waals surface area contributed by atoms with Gasteiger partial charge in [-0.1, -0.05) is 23.5 Å². The Kier molecular flexibility index (Phi) is 3.57. The van der Waals surface area contributed by atoms with Crippen LogP contribution in [0.15, 0.2) is 47.3 Å². The summed E-state index contributed by atoms with van der Waals surface area (Å²) in [5.74, 6) is 0.751. The van der Waals surface area contributed by atoms with Crippen molar-refractivity contribution in [2.45, 2.75) is 0 Å². The van der Waals surface area contributed by atoms with Gasteiger partial charge in [0.2, 0.25) is 0 Å². The molecule has 2 aromatic heterocycles. The average molecular weight is 434 g/mol. The second-order valence-corrected chi connectivity index (χ2v) is 7.28. The van der Waals surface area contributed by atoms with E-state index in [2.05, 4.69) is 27.6 Å². The van der Waals surface area contributed by atoms with E-state index in [1.807, 2.05) is 48.5 Å². The Morgan fingerprint density at radius 2 is 2.09 bits per heavy atom. The lowest BCUT2D eigenvalue weighted by atomic mass is 10.2. The van der Waals surface area contributed by atoms with Gasteiger partial charge < -0.3 is 4.74 Å². The molecule has 0 saturated carbocycles. The van der Waals surface area contributed by atoms with Crippen molar-refractivity contribution in [3.05, 3.63) is 66.5 Å². The summed E-state index contributed by atoms with van der Waals surface area (Å²) in [6.45, 7) is 0. The Morgan fingerprint density at radius 3 is 2.91 bits per heavy atom. The van der Waals surface area contributed by atoms with E-state index in [0.29, 0.717) is 9.49 Å². The van der Waals surface area contributed by atoms with E-state index < -0.39 is 0 Å². The van der Waals surface area contributed by atoms with Crippen LogP contribution >= 0.6 is 33.9 Å². The van der Waals surface area contributed by atoms with Crippen LogP contribution in [0.1, 0.15) is 5.56 Å². The zero-order valence-electron chi connectivity index (χ0n) is 12.1. The molecule has 0 spiro atoms. The largest absolute Gasteiger partial charge is 0.496 e. The maximum absolute atomic E-state index is 12.8. The predicted octanol–water partition coefficient (Wildman–Crippen LogP) is 3.07. The van der Waals surface area contributed by atoms with Gasteiger partial charge in [-0.2, -0.15) is 0 Å². The molecule has 4 rings (SSSR count). The van der Waals surface area contributed by atoms with Crippen LogP contribution in [0.5, 0.6) is 5.75 Å². The number of hydrogen-bond donors (Lipinski definition) is 0. The predicted molar refractivity (Wildman–Crippen MR) is 101 cm³/mol. The van der Waals surface area contributed by atoms with E-state index in [4.69, 9.17) is 4.74 Å². The van der Waals surface area contributed by atoms with Crippen LogP contribution in [-0.2, 0) is 0 Å².